The van der Waals surface area contributed by atoms with Crippen molar-refractivity contribution < 1.29 is 18.0 Å². The molecule has 0 bridgehead atoms. The first-order chi connectivity index (χ1) is 12.2. The van der Waals surface area contributed by atoms with Gasteiger partial charge in [0.2, 0.25) is 15.9 Å². The molecule has 1 aliphatic heterocycles. The Morgan fingerprint density at radius 3 is 2.38 bits per heavy atom. The fourth-order valence-electron chi connectivity index (χ4n) is 2.71. The maximum Gasteiger partial charge on any atom is 0.255 e. The van der Waals surface area contributed by atoms with Crippen LogP contribution in [0.1, 0.15) is 22.8 Å². The van der Waals surface area contributed by atoms with Crippen molar-refractivity contribution >= 4 is 44.8 Å². The van der Waals surface area contributed by atoms with Crippen molar-refractivity contribution in [1.29, 1.82) is 0 Å². The summed E-state index contributed by atoms with van der Waals surface area (Å²) in [6, 6.07) is 11.0. The Balaban J connectivity index is 1.80. The number of hydrogen-bond donors (Lipinski definition) is 1. The van der Waals surface area contributed by atoms with Gasteiger partial charge in [-0.1, -0.05) is 24.6 Å². The molecule has 8 heteroatoms. The molecule has 1 saturated heterocycles. The van der Waals surface area contributed by atoms with Gasteiger partial charge in [0.25, 0.3) is 5.91 Å². The van der Waals surface area contributed by atoms with Crippen molar-refractivity contribution in [1.82, 2.24) is 0 Å². The van der Waals surface area contributed by atoms with Crippen molar-refractivity contribution in [2.75, 3.05) is 15.4 Å². The molecule has 3 rings (SSSR count). The molecule has 0 aromatic heterocycles. The Kier molecular flexibility index (Phi) is 4.77. The monoisotopic (exact) mass is 392 g/mol. The van der Waals surface area contributed by atoms with Crippen molar-refractivity contribution in [3.05, 3.63) is 58.6 Å². The van der Waals surface area contributed by atoms with Crippen LogP contribution in [-0.4, -0.2) is 26.0 Å². The van der Waals surface area contributed by atoms with E-state index in [9.17, 15) is 18.0 Å². The molecule has 0 radical (unpaired) electrons. The zero-order valence-corrected chi connectivity index (χ0v) is 15.8. The third kappa shape index (κ3) is 3.45. The lowest BCUT2D eigenvalue weighted by molar-refractivity contribution is -0.119. The molecule has 1 N–H and O–H groups in total. The predicted molar refractivity (Wildman–Crippen MR) is 101 cm³/mol. The Bertz CT molecular complexity index is 987. The van der Waals surface area contributed by atoms with Crippen LogP contribution >= 0.6 is 11.6 Å². The zero-order chi connectivity index (χ0) is 19.1. The topological polar surface area (TPSA) is 83.6 Å². The Hall–Kier alpha value is -2.38. The van der Waals surface area contributed by atoms with Gasteiger partial charge in [-0.15, -0.1) is 0 Å². The van der Waals surface area contributed by atoms with Crippen LogP contribution in [0.15, 0.2) is 42.5 Å². The van der Waals surface area contributed by atoms with E-state index >= 15 is 0 Å². The predicted octanol–water partition coefficient (Wildman–Crippen LogP) is 3.21. The lowest BCUT2D eigenvalue weighted by Crippen LogP contribution is -2.30. The number of anilines is 2. The number of carbonyl (C=O) groups excluding carboxylic acids is 2. The van der Waals surface area contributed by atoms with Crippen LogP contribution in [0.25, 0.3) is 0 Å². The quantitative estimate of drug-likeness (QED) is 0.869. The smallest absolute Gasteiger partial charge is 0.255 e. The number of benzene rings is 2. The Morgan fingerprint density at radius 2 is 1.85 bits per heavy atom. The molecule has 136 valence electrons. The minimum absolute atomic E-state index is 0.206. The number of nitrogens with one attached hydrogen (secondary N) is 1. The lowest BCUT2D eigenvalue weighted by atomic mass is 10.1. The van der Waals surface area contributed by atoms with E-state index in [0.717, 1.165) is 9.87 Å². The zero-order valence-electron chi connectivity index (χ0n) is 14.2. The van der Waals surface area contributed by atoms with Gasteiger partial charge in [0.15, 0.2) is 0 Å². The van der Waals surface area contributed by atoms with Gasteiger partial charge in [-0.05, 0) is 48.9 Å². The molecule has 26 heavy (non-hydrogen) atoms. The Morgan fingerprint density at radius 1 is 1.19 bits per heavy atom. The molecular formula is C18H17ClN2O4S. The summed E-state index contributed by atoms with van der Waals surface area (Å²) in [5.41, 5.74) is 2.03. The first kappa shape index (κ1) is 18.4. The number of sulfonamides is 1. The highest BCUT2D eigenvalue weighted by Gasteiger charge is 2.41. The van der Waals surface area contributed by atoms with Gasteiger partial charge in [0.05, 0.1) is 17.4 Å². The van der Waals surface area contributed by atoms with Gasteiger partial charge >= 0.3 is 0 Å². The van der Waals surface area contributed by atoms with E-state index < -0.39 is 21.8 Å². The lowest BCUT2D eigenvalue weighted by Gasteiger charge is -2.15. The summed E-state index contributed by atoms with van der Waals surface area (Å²) >= 11 is 6.04. The highest BCUT2D eigenvalue weighted by atomic mass is 35.5. The molecule has 1 aliphatic rings. The second kappa shape index (κ2) is 6.74. The average Bonchev–Trinajstić information content (AvgIpc) is 2.78. The third-order valence-electron chi connectivity index (χ3n) is 4.15. The number of amides is 2. The summed E-state index contributed by atoms with van der Waals surface area (Å²) in [5, 5.41) is 3.27. The molecule has 1 unspecified atom stereocenters. The van der Waals surface area contributed by atoms with Gasteiger partial charge < -0.3 is 5.32 Å². The Labute approximate surface area is 156 Å². The van der Waals surface area contributed by atoms with Crippen LogP contribution in [-0.2, 0) is 14.8 Å². The van der Waals surface area contributed by atoms with E-state index in [1.165, 1.54) is 24.3 Å². The summed E-state index contributed by atoms with van der Waals surface area (Å²) < 4.78 is 25.0. The largest absolute Gasteiger partial charge is 0.322 e. The molecule has 0 spiro atoms. The second-order valence-corrected chi connectivity index (χ2v) is 8.52. The summed E-state index contributed by atoms with van der Waals surface area (Å²) in [6.45, 7) is 3.44. The van der Waals surface area contributed by atoms with E-state index in [2.05, 4.69) is 5.32 Å². The van der Waals surface area contributed by atoms with Crippen LogP contribution in [0.3, 0.4) is 0 Å². The fraction of sp³-hybridized carbons (Fsp3) is 0.222. The average molecular weight is 393 g/mol. The summed E-state index contributed by atoms with van der Waals surface area (Å²) in [7, 11) is -3.66. The molecule has 2 amide bonds. The molecule has 0 aliphatic carbocycles. The van der Waals surface area contributed by atoms with Gasteiger partial charge in [-0.2, -0.15) is 0 Å². The van der Waals surface area contributed by atoms with Crippen molar-refractivity contribution in [2.24, 2.45) is 5.92 Å². The number of rotatable bonds is 3. The van der Waals surface area contributed by atoms with Gasteiger partial charge in [0.1, 0.15) is 0 Å². The number of carbonyl (C=O) groups is 2. The van der Waals surface area contributed by atoms with E-state index in [1.807, 2.05) is 6.92 Å². The molecule has 1 atom stereocenters. The van der Waals surface area contributed by atoms with E-state index in [4.69, 9.17) is 11.6 Å². The molecule has 6 nitrogen and oxygen atoms in total. The van der Waals surface area contributed by atoms with Gasteiger partial charge in [-0.25, -0.2) is 12.7 Å². The van der Waals surface area contributed by atoms with E-state index in [0.29, 0.717) is 16.3 Å². The van der Waals surface area contributed by atoms with Crippen LogP contribution in [0, 0.1) is 12.8 Å². The van der Waals surface area contributed by atoms with E-state index in [-0.39, 0.29) is 17.3 Å². The maximum absolute atomic E-state index is 12.3. The van der Waals surface area contributed by atoms with Crippen LogP contribution < -0.4 is 9.62 Å². The molecule has 1 heterocycles. The van der Waals surface area contributed by atoms with Crippen LogP contribution in [0.2, 0.25) is 5.02 Å². The minimum Gasteiger partial charge on any atom is -0.322 e. The minimum atomic E-state index is -3.66. The maximum atomic E-state index is 12.3. The van der Waals surface area contributed by atoms with Gasteiger partial charge in [0, 0.05) is 16.3 Å². The van der Waals surface area contributed by atoms with Gasteiger partial charge in [-0.3, -0.25) is 9.59 Å². The molecule has 2 aromatic rings. The SMILES string of the molecule is Cc1ccc(NC(=O)c2ccc(N3C(=O)C(C)CS3(=O)=O)cc2)cc1Cl. The van der Waals surface area contributed by atoms with Crippen molar-refractivity contribution in [2.45, 2.75) is 13.8 Å². The number of aryl methyl sites for hydroxylation is 1. The fourth-order valence-corrected chi connectivity index (χ4v) is 4.71. The third-order valence-corrected chi connectivity index (χ3v) is 6.43. The van der Waals surface area contributed by atoms with Crippen LogP contribution in [0.5, 0.6) is 0 Å². The van der Waals surface area contributed by atoms with Crippen molar-refractivity contribution in [3.63, 3.8) is 0 Å². The number of halogens is 1. The van der Waals surface area contributed by atoms with Crippen LogP contribution in [0.4, 0.5) is 11.4 Å². The standard InChI is InChI=1S/C18H17ClN2O4S/c1-11-3-6-14(9-16(11)19)20-17(22)13-4-7-15(8-5-13)21-18(23)12(2)10-26(21,24)25/h3-9,12H,10H2,1-2H3,(H,20,22). The van der Waals surface area contributed by atoms with E-state index in [1.54, 1.807) is 25.1 Å². The number of hydrogen-bond acceptors (Lipinski definition) is 4. The number of nitrogens with zero attached hydrogens (tertiary/aromatic N) is 1. The second-order valence-electron chi connectivity index (χ2n) is 6.25. The highest BCUT2D eigenvalue weighted by molar-refractivity contribution is 7.94. The van der Waals surface area contributed by atoms with Crippen molar-refractivity contribution in [3.8, 4) is 0 Å². The molecule has 0 saturated carbocycles. The summed E-state index contributed by atoms with van der Waals surface area (Å²) in [5.74, 6) is -1.60. The summed E-state index contributed by atoms with van der Waals surface area (Å²) in [4.78, 5) is 24.4. The first-order valence-corrected chi connectivity index (χ1v) is 9.92. The highest BCUT2D eigenvalue weighted by Crippen LogP contribution is 2.28. The first-order valence-electron chi connectivity index (χ1n) is 7.93. The molecular weight excluding hydrogens is 376 g/mol. The normalized spacial score (nSPS) is 18.8. The molecule has 1 fully saturated rings. The summed E-state index contributed by atoms with van der Waals surface area (Å²) in [6.07, 6.45) is 0. The molecule has 2 aromatic carbocycles.